The molecule has 1 N–H and O–H groups in total. The van der Waals surface area contributed by atoms with Gasteiger partial charge < -0.3 is 5.32 Å². The van der Waals surface area contributed by atoms with E-state index in [1.54, 1.807) is 16.2 Å². The van der Waals surface area contributed by atoms with Gasteiger partial charge in [-0.3, -0.25) is 14.5 Å². The van der Waals surface area contributed by atoms with Crippen LogP contribution in [-0.4, -0.2) is 22.6 Å². The van der Waals surface area contributed by atoms with Crippen LogP contribution >= 0.6 is 34.7 Å². The zero-order valence-corrected chi connectivity index (χ0v) is 19.5. The molecule has 6 rings (SSSR count). The third kappa shape index (κ3) is 3.19. The van der Waals surface area contributed by atoms with Crippen molar-refractivity contribution in [1.29, 1.82) is 0 Å². The molecule has 8 heteroatoms. The quantitative estimate of drug-likeness (QED) is 0.382. The molecular formula is C25H16ClN3O2S2. The summed E-state index contributed by atoms with van der Waals surface area (Å²) >= 11 is 8.92. The van der Waals surface area contributed by atoms with Crippen molar-refractivity contribution in [2.75, 3.05) is 16.0 Å². The Morgan fingerprint density at radius 1 is 0.939 bits per heavy atom. The largest absolute Gasteiger partial charge is 0.323 e. The minimum absolute atomic E-state index is 0.0849. The molecule has 1 fully saturated rings. The molecule has 0 radical (unpaired) electrons. The van der Waals surface area contributed by atoms with Crippen molar-refractivity contribution in [2.24, 2.45) is 0 Å². The molecule has 1 aromatic heterocycles. The number of aromatic nitrogens is 1. The number of anilines is 2. The summed E-state index contributed by atoms with van der Waals surface area (Å²) in [6.45, 7) is 0. The molecule has 2 aliphatic heterocycles. The van der Waals surface area contributed by atoms with Gasteiger partial charge in [-0.05, 0) is 30.3 Å². The van der Waals surface area contributed by atoms with Crippen LogP contribution in [0.5, 0.6) is 0 Å². The number of nitrogens with zero attached hydrogens (tertiary/aromatic N) is 2. The first kappa shape index (κ1) is 20.5. The molecule has 162 valence electrons. The average molecular weight is 490 g/mol. The Kier molecular flexibility index (Phi) is 4.79. The van der Waals surface area contributed by atoms with Crippen molar-refractivity contribution >= 4 is 57.9 Å². The predicted molar refractivity (Wildman–Crippen MR) is 135 cm³/mol. The number of benzene rings is 3. The highest BCUT2D eigenvalue weighted by atomic mass is 35.5. The third-order valence-electron chi connectivity index (χ3n) is 5.83. The number of rotatable bonds is 3. The zero-order chi connectivity index (χ0) is 22.6. The van der Waals surface area contributed by atoms with E-state index in [2.05, 4.69) is 5.32 Å². The van der Waals surface area contributed by atoms with Crippen LogP contribution in [0.2, 0.25) is 5.02 Å². The summed E-state index contributed by atoms with van der Waals surface area (Å²) in [5, 5.41) is 6.55. The summed E-state index contributed by atoms with van der Waals surface area (Å²) in [6, 6.07) is 22.8. The van der Waals surface area contributed by atoms with Gasteiger partial charge in [-0.25, -0.2) is 4.98 Å². The molecule has 3 aromatic carbocycles. The monoisotopic (exact) mass is 489 g/mol. The summed E-state index contributed by atoms with van der Waals surface area (Å²) in [7, 11) is 0. The topological polar surface area (TPSA) is 62.3 Å². The number of carbonyl (C=O) groups is 2. The molecule has 1 spiro atoms. The van der Waals surface area contributed by atoms with E-state index >= 15 is 0 Å². The number of halogens is 1. The number of para-hydroxylation sites is 1. The molecule has 2 aliphatic rings. The molecule has 1 saturated heterocycles. The number of fused-ring (bicyclic) bond motifs is 2. The Balaban J connectivity index is 1.34. The highest BCUT2D eigenvalue weighted by Gasteiger charge is 2.58. The van der Waals surface area contributed by atoms with Crippen molar-refractivity contribution in [3.8, 4) is 21.8 Å². The van der Waals surface area contributed by atoms with Crippen LogP contribution in [0.3, 0.4) is 0 Å². The average Bonchev–Trinajstić information content (AvgIpc) is 3.52. The van der Waals surface area contributed by atoms with Crippen LogP contribution in [0.25, 0.3) is 21.8 Å². The summed E-state index contributed by atoms with van der Waals surface area (Å²) in [4.78, 5) is 31.3. The lowest BCUT2D eigenvalue weighted by Crippen LogP contribution is -2.47. The van der Waals surface area contributed by atoms with Crippen LogP contribution in [0, 0.1) is 0 Å². The van der Waals surface area contributed by atoms with E-state index in [1.807, 2.05) is 78.2 Å². The number of thiazole rings is 1. The highest BCUT2D eigenvalue weighted by molar-refractivity contribution is 8.02. The van der Waals surface area contributed by atoms with E-state index in [0.29, 0.717) is 10.7 Å². The zero-order valence-electron chi connectivity index (χ0n) is 17.1. The van der Waals surface area contributed by atoms with Gasteiger partial charge >= 0.3 is 0 Å². The predicted octanol–water partition coefficient (Wildman–Crippen LogP) is 6.02. The van der Waals surface area contributed by atoms with Gasteiger partial charge in [0.25, 0.3) is 5.91 Å². The first-order valence-electron chi connectivity index (χ1n) is 10.3. The van der Waals surface area contributed by atoms with Crippen molar-refractivity contribution in [1.82, 2.24) is 4.98 Å². The number of hydrogen-bond acceptors (Lipinski definition) is 5. The Bertz CT molecular complexity index is 1400. The van der Waals surface area contributed by atoms with Gasteiger partial charge in [0, 0.05) is 38.5 Å². The summed E-state index contributed by atoms with van der Waals surface area (Å²) in [5.74, 6) is -0.0194. The van der Waals surface area contributed by atoms with E-state index < -0.39 is 4.87 Å². The summed E-state index contributed by atoms with van der Waals surface area (Å²) < 4.78 is 0. The third-order valence-corrected chi connectivity index (χ3v) is 8.37. The molecule has 0 aliphatic carbocycles. The lowest BCUT2D eigenvalue weighted by Gasteiger charge is -2.32. The SMILES string of the molecule is O=C1CSC2(C(=O)Nc3ccccc32)N1c1ccc(-c2csc(-c3ccc(Cl)cc3)n2)cc1. The normalized spacial score (nSPS) is 19.2. The number of nitrogens with one attached hydrogen (secondary N) is 1. The second kappa shape index (κ2) is 7.73. The molecule has 33 heavy (non-hydrogen) atoms. The molecule has 3 heterocycles. The highest BCUT2D eigenvalue weighted by Crippen LogP contribution is 2.53. The number of thioether (sulfide) groups is 1. The molecule has 4 aromatic rings. The molecule has 1 atom stereocenters. The van der Waals surface area contributed by atoms with Crippen molar-refractivity contribution in [2.45, 2.75) is 4.87 Å². The van der Waals surface area contributed by atoms with Crippen LogP contribution in [0.15, 0.2) is 78.2 Å². The molecule has 0 bridgehead atoms. The molecule has 1 unspecified atom stereocenters. The van der Waals surface area contributed by atoms with Gasteiger partial charge in [-0.15, -0.1) is 23.1 Å². The van der Waals surface area contributed by atoms with Gasteiger partial charge in [0.1, 0.15) is 5.01 Å². The van der Waals surface area contributed by atoms with Crippen molar-refractivity contribution in [3.63, 3.8) is 0 Å². The Labute approximate surface area is 203 Å². The van der Waals surface area contributed by atoms with E-state index in [0.717, 1.165) is 33.1 Å². The van der Waals surface area contributed by atoms with Crippen molar-refractivity contribution in [3.05, 3.63) is 88.8 Å². The fourth-order valence-electron chi connectivity index (χ4n) is 4.29. The maximum absolute atomic E-state index is 13.1. The fraction of sp³-hybridized carbons (Fsp3) is 0.0800. The van der Waals surface area contributed by atoms with E-state index in [9.17, 15) is 9.59 Å². The van der Waals surface area contributed by atoms with E-state index in [-0.39, 0.29) is 17.6 Å². The van der Waals surface area contributed by atoms with Crippen LogP contribution in [0.1, 0.15) is 5.56 Å². The second-order valence-corrected chi connectivity index (χ2v) is 10.2. The maximum Gasteiger partial charge on any atom is 0.266 e. The fourth-order valence-corrected chi connectivity index (χ4v) is 6.57. The lowest BCUT2D eigenvalue weighted by molar-refractivity contribution is -0.122. The smallest absolute Gasteiger partial charge is 0.266 e. The van der Waals surface area contributed by atoms with Gasteiger partial charge in [0.15, 0.2) is 0 Å². The summed E-state index contributed by atoms with van der Waals surface area (Å²) in [5.41, 5.74) is 5.08. The maximum atomic E-state index is 13.1. The van der Waals surface area contributed by atoms with Crippen LogP contribution in [0.4, 0.5) is 11.4 Å². The number of hydrogen-bond donors (Lipinski definition) is 1. The minimum Gasteiger partial charge on any atom is -0.323 e. The molecular weight excluding hydrogens is 474 g/mol. The van der Waals surface area contributed by atoms with Gasteiger partial charge in [0.2, 0.25) is 10.8 Å². The lowest BCUT2D eigenvalue weighted by atomic mass is 10.0. The first-order chi connectivity index (χ1) is 16.1. The molecule has 0 saturated carbocycles. The van der Waals surface area contributed by atoms with E-state index in [4.69, 9.17) is 16.6 Å². The summed E-state index contributed by atoms with van der Waals surface area (Å²) in [6.07, 6.45) is 0. The Morgan fingerprint density at radius 2 is 1.67 bits per heavy atom. The Morgan fingerprint density at radius 3 is 2.45 bits per heavy atom. The first-order valence-corrected chi connectivity index (χ1v) is 12.5. The molecule has 2 amide bonds. The second-order valence-electron chi connectivity index (χ2n) is 7.75. The number of carbonyl (C=O) groups excluding carboxylic acids is 2. The number of amides is 2. The molecule has 5 nitrogen and oxygen atoms in total. The minimum atomic E-state index is -1.07. The van der Waals surface area contributed by atoms with Gasteiger partial charge in [-0.2, -0.15) is 0 Å². The van der Waals surface area contributed by atoms with E-state index in [1.165, 1.54) is 11.8 Å². The standard InChI is InChI=1S/C25H16ClN3O2S2/c26-17-9-5-16(6-10-17)23-27-21(13-32-23)15-7-11-18(12-8-15)29-22(30)14-33-25(29)19-3-1-2-4-20(19)28-24(25)31/h1-13H,14H2,(H,28,31). The van der Waals surface area contributed by atoms with Crippen LogP contribution in [-0.2, 0) is 14.5 Å². The van der Waals surface area contributed by atoms with Gasteiger partial charge in [-0.1, -0.05) is 54.1 Å². The van der Waals surface area contributed by atoms with Crippen LogP contribution < -0.4 is 10.2 Å². The van der Waals surface area contributed by atoms with Gasteiger partial charge in [0.05, 0.1) is 11.4 Å². The Hall–Kier alpha value is -3.13. The van der Waals surface area contributed by atoms with Crippen molar-refractivity contribution < 1.29 is 9.59 Å².